The van der Waals surface area contributed by atoms with Gasteiger partial charge in [0.1, 0.15) is 0 Å². The van der Waals surface area contributed by atoms with Crippen molar-refractivity contribution in [2.24, 2.45) is 16.8 Å². The van der Waals surface area contributed by atoms with Crippen molar-refractivity contribution < 1.29 is 0 Å². The second-order valence-electron chi connectivity index (χ2n) is 5.51. The molecule has 2 fully saturated rings. The lowest BCUT2D eigenvalue weighted by Gasteiger charge is -2.22. The van der Waals surface area contributed by atoms with E-state index in [1.165, 1.54) is 32.4 Å². The predicted octanol–water partition coefficient (Wildman–Crippen LogP) is 0.288. The molecule has 98 valence electrons. The largest absolute Gasteiger partial charge is 0.351 e. The van der Waals surface area contributed by atoms with Gasteiger partial charge in [-0.15, -0.1) is 0 Å². The number of fused-ring (bicyclic) bond motifs is 1. The molecule has 2 heterocycles. The zero-order valence-electron chi connectivity index (χ0n) is 10.9. The smallest absolute Gasteiger partial charge is 0.206 e. The van der Waals surface area contributed by atoms with Crippen LogP contribution in [0, 0.1) is 5.92 Å². The normalized spacial score (nSPS) is 29.8. The summed E-state index contributed by atoms with van der Waals surface area (Å²) in [5, 5.41) is 3.46. The average molecular weight is 239 g/mol. The quantitative estimate of drug-likeness (QED) is 0.287. The highest BCUT2D eigenvalue weighted by Crippen LogP contribution is 2.27. The molecule has 0 aromatic rings. The van der Waals surface area contributed by atoms with E-state index < -0.39 is 0 Å². The molecule has 2 rings (SSSR count). The molecular weight excluding hydrogens is 214 g/mol. The minimum Gasteiger partial charge on any atom is -0.351 e. The van der Waals surface area contributed by atoms with Gasteiger partial charge in [0.2, 0.25) is 5.96 Å². The van der Waals surface area contributed by atoms with Crippen molar-refractivity contribution >= 4 is 5.96 Å². The zero-order chi connectivity index (χ0) is 12.3. The molecule has 0 bridgehead atoms. The van der Waals surface area contributed by atoms with Crippen molar-refractivity contribution in [1.82, 2.24) is 15.6 Å². The van der Waals surface area contributed by atoms with Crippen molar-refractivity contribution in [1.29, 1.82) is 0 Å². The van der Waals surface area contributed by atoms with Gasteiger partial charge in [-0.25, -0.2) is 5.84 Å². The average Bonchev–Trinajstić information content (AvgIpc) is 2.87. The van der Waals surface area contributed by atoms with Crippen LogP contribution in [0.3, 0.4) is 0 Å². The minimum atomic E-state index is 0.513. The maximum absolute atomic E-state index is 5.52. The maximum Gasteiger partial charge on any atom is 0.206 e. The Morgan fingerprint density at radius 3 is 2.94 bits per heavy atom. The van der Waals surface area contributed by atoms with Gasteiger partial charge in [0.05, 0.1) is 0 Å². The van der Waals surface area contributed by atoms with Gasteiger partial charge < -0.3 is 5.32 Å². The van der Waals surface area contributed by atoms with Crippen molar-refractivity contribution in [3.05, 3.63) is 0 Å². The Morgan fingerprint density at radius 2 is 2.24 bits per heavy atom. The monoisotopic (exact) mass is 239 g/mol. The number of nitrogens with one attached hydrogen (secondary N) is 2. The van der Waals surface area contributed by atoms with Crippen LogP contribution in [0.15, 0.2) is 4.99 Å². The lowest BCUT2D eigenvalue weighted by atomic mass is 10.1. The van der Waals surface area contributed by atoms with Gasteiger partial charge in [0.15, 0.2) is 0 Å². The maximum atomic E-state index is 5.52. The van der Waals surface area contributed by atoms with Crippen LogP contribution in [0.25, 0.3) is 0 Å². The fourth-order valence-electron chi connectivity index (χ4n) is 2.83. The Bertz CT molecular complexity index is 276. The number of guanidine groups is 1. The van der Waals surface area contributed by atoms with E-state index in [9.17, 15) is 0 Å². The van der Waals surface area contributed by atoms with Crippen LogP contribution in [0.4, 0.5) is 0 Å². The SMILES string of the molecule is CC(C)CN=C(NN)NC1CCN2CCCC12. The number of hydrogen-bond acceptors (Lipinski definition) is 3. The number of aliphatic imine (C=N–C) groups is 1. The molecule has 0 saturated carbocycles. The van der Waals surface area contributed by atoms with E-state index >= 15 is 0 Å². The molecule has 2 unspecified atom stereocenters. The van der Waals surface area contributed by atoms with Crippen LogP contribution in [0.2, 0.25) is 0 Å². The first-order valence-corrected chi connectivity index (χ1v) is 6.72. The van der Waals surface area contributed by atoms with E-state index in [4.69, 9.17) is 5.84 Å². The molecule has 0 aromatic heterocycles. The van der Waals surface area contributed by atoms with Crippen molar-refractivity contribution in [2.75, 3.05) is 19.6 Å². The molecule has 2 aliphatic heterocycles. The van der Waals surface area contributed by atoms with E-state index in [-0.39, 0.29) is 0 Å². The molecule has 0 amide bonds. The van der Waals surface area contributed by atoms with E-state index in [0.717, 1.165) is 12.5 Å². The van der Waals surface area contributed by atoms with Crippen LogP contribution in [0.1, 0.15) is 33.1 Å². The molecule has 5 heteroatoms. The molecule has 17 heavy (non-hydrogen) atoms. The standard InChI is InChI=1S/C12H25N5/c1-9(2)8-14-12(16-13)15-10-5-7-17-6-3-4-11(10)17/h9-11H,3-8,13H2,1-2H3,(H2,14,15,16). The summed E-state index contributed by atoms with van der Waals surface area (Å²) in [4.78, 5) is 7.05. The fourth-order valence-corrected chi connectivity index (χ4v) is 2.83. The summed E-state index contributed by atoms with van der Waals surface area (Å²) in [5.41, 5.74) is 2.68. The van der Waals surface area contributed by atoms with Gasteiger partial charge in [0.25, 0.3) is 0 Å². The van der Waals surface area contributed by atoms with Gasteiger partial charge in [-0.05, 0) is 31.7 Å². The van der Waals surface area contributed by atoms with Crippen molar-refractivity contribution in [2.45, 2.75) is 45.2 Å². The highest BCUT2D eigenvalue weighted by atomic mass is 15.4. The zero-order valence-corrected chi connectivity index (χ0v) is 10.9. The highest BCUT2D eigenvalue weighted by molar-refractivity contribution is 5.79. The summed E-state index contributed by atoms with van der Waals surface area (Å²) in [6, 6.07) is 1.20. The first-order valence-electron chi connectivity index (χ1n) is 6.72. The van der Waals surface area contributed by atoms with Gasteiger partial charge in [-0.2, -0.15) is 0 Å². The van der Waals surface area contributed by atoms with E-state index in [2.05, 4.69) is 34.5 Å². The third-order valence-corrected chi connectivity index (χ3v) is 3.68. The number of hydrogen-bond donors (Lipinski definition) is 3. The summed E-state index contributed by atoms with van der Waals surface area (Å²) >= 11 is 0. The Labute approximate surface area is 104 Å². The molecule has 2 saturated heterocycles. The Balaban J connectivity index is 1.88. The second kappa shape index (κ2) is 5.69. The second-order valence-corrected chi connectivity index (χ2v) is 5.51. The number of rotatable bonds is 3. The lowest BCUT2D eigenvalue weighted by molar-refractivity contribution is 0.307. The van der Waals surface area contributed by atoms with Gasteiger partial charge >= 0.3 is 0 Å². The predicted molar refractivity (Wildman–Crippen MR) is 70.6 cm³/mol. The Morgan fingerprint density at radius 1 is 1.41 bits per heavy atom. The summed E-state index contributed by atoms with van der Waals surface area (Å²) < 4.78 is 0. The first-order chi connectivity index (χ1) is 8.20. The summed E-state index contributed by atoms with van der Waals surface area (Å²) in [6.45, 7) is 7.60. The Hall–Kier alpha value is -0.810. The molecule has 5 nitrogen and oxygen atoms in total. The van der Waals surface area contributed by atoms with E-state index in [1.54, 1.807) is 0 Å². The van der Waals surface area contributed by atoms with Crippen molar-refractivity contribution in [3.8, 4) is 0 Å². The first kappa shape index (κ1) is 12.6. The molecule has 0 radical (unpaired) electrons. The lowest BCUT2D eigenvalue weighted by Crippen LogP contribution is -2.50. The van der Waals surface area contributed by atoms with Crippen LogP contribution < -0.4 is 16.6 Å². The van der Waals surface area contributed by atoms with E-state index in [0.29, 0.717) is 18.0 Å². The number of nitrogens with two attached hydrogens (primary N) is 1. The van der Waals surface area contributed by atoms with Crippen LogP contribution in [-0.4, -0.2) is 42.6 Å². The van der Waals surface area contributed by atoms with Gasteiger partial charge in [-0.3, -0.25) is 15.3 Å². The highest BCUT2D eigenvalue weighted by Gasteiger charge is 2.37. The van der Waals surface area contributed by atoms with Crippen LogP contribution >= 0.6 is 0 Å². The van der Waals surface area contributed by atoms with Crippen LogP contribution in [0.5, 0.6) is 0 Å². The third-order valence-electron chi connectivity index (χ3n) is 3.68. The number of hydrazine groups is 1. The molecule has 0 spiro atoms. The van der Waals surface area contributed by atoms with Gasteiger partial charge in [-0.1, -0.05) is 13.8 Å². The minimum absolute atomic E-state index is 0.513. The third kappa shape index (κ3) is 3.10. The summed E-state index contributed by atoms with van der Waals surface area (Å²) in [6.07, 6.45) is 3.84. The molecule has 0 aromatic carbocycles. The Kier molecular flexibility index (Phi) is 4.23. The summed E-state index contributed by atoms with van der Waals surface area (Å²) in [5.74, 6) is 6.83. The fraction of sp³-hybridized carbons (Fsp3) is 0.917. The topological polar surface area (TPSA) is 65.7 Å². The van der Waals surface area contributed by atoms with Crippen molar-refractivity contribution in [3.63, 3.8) is 0 Å². The van der Waals surface area contributed by atoms with Gasteiger partial charge in [0, 0.05) is 25.2 Å². The molecule has 2 aliphatic rings. The molecule has 0 aliphatic carbocycles. The molecular formula is C12H25N5. The van der Waals surface area contributed by atoms with E-state index in [1.807, 2.05) is 0 Å². The number of nitrogens with zero attached hydrogens (tertiary/aromatic N) is 2. The van der Waals surface area contributed by atoms with Crippen LogP contribution in [-0.2, 0) is 0 Å². The molecule has 4 N–H and O–H groups in total. The summed E-state index contributed by atoms with van der Waals surface area (Å²) in [7, 11) is 0. The molecule has 2 atom stereocenters.